The molecular formula is C8H14O5. The van der Waals surface area contributed by atoms with Crippen LogP contribution in [0.25, 0.3) is 0 Å². The van der Waals surface area contributed by atoms with Gasteiger partial charge in [0.1, 0.15) is 0 Å². The normalized spacial score (nSPS) is 34.2. The zero-order valence-electron chi connectivity index (χ0n) is 7.47. The molecule has 1 rings (SSSR count). The van der Waals surface area contributed by atoms with Gasteiger partial charge in [-0.15, -0.1) is 0 Å². The number of aliphatic hydroxyl groups excluding tert-OH is 2. The van der Waals surface area contributed by atoms with E-state index in [-0.39, 0.29) is 12.7 Å². The minimum absolute atomic E-state index is 0.121. The number of hydrogen-bond donors (Lipinski definition) is 2. The van der Waals surface area contributed by atoms with Crippen molar-refractivity contribution >= 4 is 5.97 Å². The van der Waals surface area contributed by atoms with E-state index in [0.29, 0.717) is 12.8 Å². The summed E-state index contributed by atoms with van der Waals surface area (Å²) in [7, 11) is 0. The summed E-state index contributed by atoms with van der Waals surface area (Å²) in [6, 6.07) is 0. The quantitative estimate of drug-likeness (QED) is 0.569. The van der Waals surface area contributed by atoms with Crippen LogP contribution >= 0.6 is 0 Å². The van der Waals surface area contributed by atoms with Gasteiger partial charge in [-0.25, -0.2) is 0 Å². The first-order chi connectivity index (χ1) is 6.13. The maximum absolute atomic E-state index is 10.6. The van der Waals surface area contributed by atoms with Crippen LogP contribution in [0.3, 0.4) is 0 Å². The Morgan fingerprint density at radius 3 is 2.77 bits per heavy atom. The first-order valence-electron chi connectivity index (χ1n) is 4.25. The second kappa shape index (κ2) is 4.55. The topological polar surface area (TPSA) is 76.0 Å². The number of rotatable bonds is 2. The molecule has 0 aliphatic carbocycles. The number of hydrogen-bond acceptors (Lipinski definition) is 5. The van der Waals surface area contributed by atoms with Gasteiger partial charge in [-0.1, -0.05) is 0 Å². The van der Waals surface area contributed by atoms with Gasteiger partial charge in [-0.05, 0) is 12.8 Å². The minimum Gasteiger partial charge on any atom is -0.457 e. The van der Waals surface area contributed by atoms with Crippen LogP contribution < -0.4 is 0 Å². The molecule has 13 heavy (non-hydrogen) atoms. The van der Waals surface area contributed by atoms with Crippen LogP contribution in [0, 0.1) is 0 Å². The fraction of sp³-hybridized carbons (Fsp3) is 0.875. The lowest BCUT2D eigenvalue weighted by atomic mass is 10.1. The number of carbonyl (C=O) groups excluding carboxylic acids is 1. The molecule has 1 aliphatic rings. The van der Waals surface area contributed by atoms with Crippen molar-refractivity contribution in [2.24, 2.45) is 0 Å². The number of ether oxygens (including phenoxy) is 2. The second-order valence-electron chi connectivity index (χ2n) is 3.06. The molecule has 0 aromatic carbocycles. The molecule has 0 unspecified atom stereocenters. The molecule has 5 nitrogen and oxygen atoms in total. The highest BCUT2D eigenvalue weighted by Crippen LogP contribution is 2.20. The summed E-state index contributed by atoms with van der Waals surface area (Å²) in [5.41, 5.74) is 0. The Morgan fingerprint density at radius 2 is 2.31 bits per heavy atom. The SMILES string of the molecule is CC(=O)O[C@@H]1CC[C@@H](CO)O[C@@H]1O. The molecule has 1 aliphatic heterocycles. The van der Waals surface area contributed by atoms with Crippen molar-refractivity contribution in [3.8, 4) is 0 Å². The molecule has 0 amide bonds. The summed E-state index contributed by atoms with van der Waals surface area (Å²) in [4.78, 5) is 10.6. The highest BCUT2D eigenvalue weighted by molar-refractivity contribution is 5.66. The van der Waals surface area contributed by atoms with Crippen LogP contribution in [0.5, 0.6) is 0 Å². The fourth-order valence-electron chi connectivity index (χ4n) is 1.31. The minimum atomic E-state index is -1.12. The Kier molecular flexibility index (Phi) is 3.65. The fourth-order valence-corrected chi connectivity index (χ4v) is 1.31. The van der Waals surface area contributed by atoms with E-state index in [4.69, 9.17) is 14.6 Å². The Labute approximate surface area is 76.3 Å². The van der Waals surface area contributed by atoms with E-state index in [1.807, 2.05) is 0 Å². The highest BCUT2D eigenvalue weighted by Gasteiger charge is 2.31. The molecule has 0 radical (unpaired) electrons. The number of aliphatic hydroxyl groups is 2. The molecule has 2 N–H and O–H groups in total. The molecule has 76 valence electrons. The number of esters is 1. The molecule has 3 atom stereocenters. The molecule has 0 spiro atoms. The predicted octanol–water partition coefficient (Wildman–Crippen LogP) is -0.592. The first-order valence-corrected chi connectivity index (χ1v) is 4.25. The van der Waals surface area contributed by atoms with Gasteiger partial charge >= 0.3 is 5.97 Å². The molecule has 1 heterocycles. The lowest BCUT2D eigenvalue weighted by Gasteiger charge is -2.31. The Morgan fingerprint density at radius 1 is 1.62 bits per heavy atom. The average Bonchev–Trinajstić information content (AvgIpc) is 2.08. The standard InChI is InChI=1S/C8H14O5/c1-5(10)12-7-3-2-6(4-9)13-8(7)11/h6-9,11H,2-4H2,1H3/t6-,7+,8-/m0/s1. The van der Waals surface area contributed by atoms with Crippen LogP contribution in [0.15, 0.2) is 0 Å². The molecule has 0 aromatic rings. The van der Waals surface area contributed by atoms with Crippen LogP contribution in [0.4, 0.5) is 0 Å². The van der Waals surface area contributed by atoms with Gasteiger partial charge in [0.15, 0.2) is 12.4 Å². The molecule has 1 fully saturated rings. The van der Waals surface area contributed by atoms with Crippen molar-refractivity contribution in [2.45, 2.75) is 38.3 Å². The van der Waals surface area contributed by atoms with E-state index >= 15 is 0 Å². The van der Waals surface area contributed by atoms with Gasteiger partial charge < -0.3 is 19.7 Å². The van der Waals surface area contributed by atoms with Crippen molar-refractivity contribution in [3.05, 3.63) is 0 Å². The van der Waals surface area contributed by atoms with E-state index in [0.717, 1.165) is 0 Å². The van der Waals surface area contributed by atoms with Crippen molar-refractivity contribution < 1.29 is 24.5 Å². The van der Waals surface area contributed by atoms with Crippen LogP contribution in [-0.4, -0.2) is 41.3 Å². The molecule has 1 saturated heterocycles. The maximum atomic E-state index is 10.6. The molecule has 5 heteroatoms. The Hall–Kier alpha value is -0.650. The van der Waals surface area contributed by atoms with E-state index in [9.17, 15) is 9.90 Å². The van der Waals surface area contributed by atoms with Gasteiger partial charge in [0, 0.05) is 6.92 Å². The summed E-state index contributed by atoms with van der Waals surface area (Å²) in [6.45, 7) is 1.16. The van der Waals surface area contributed by atoms with Crippen LogP contribution in [0.2, 0.25) is 0 Å². The smallest absolute Gasteiger partial charge is 0.303 e. The van der Waals surface area contributed by atoms with Crippen molar-refractivity contribution in [3.63, 3.8) is 0 Å². The second-order valence-corrected chi connectivity index (χ2v) is 3.06. The van der Waals surface area contributed by atoms with Crippen molar-refractivity contribution in [1.82, 2.24) is 0 Å². The molecular weight excluding hydrogens is 176 g/mol. The lowest BCUT2D eigenvalue weighted by Crippen LogP contribution is -2.42. The molecule has 0 aromatic heterocycles. The summed E-state index contributed by atoms with van der Waals surface area (Å²) in [6.07, 6.45) is -0.950. The van der Waals surface area contributed by atoms with Gasteiger partial charge in [-0.2, -0.15) is 0 Å². The predicted molar refractivity (Wildman–Crippen MR) is 42.8 cm³/mol. The first kappa shape index (κ1) is 10.4. The monoisotopic (exact) mass is 190 g/mol. The third kappa shape index (κ3) is 2.95. The Balaban J connectivity index is 2.39. The summed E-state index contributed by atoms with van der Waals surface area (Å²) in [5.74, 6) is -0.435. The lowest BCUT2D eigenvalue weighted by molar-refractivity contribution is -0.231. The summed E-state index contributed by atoms with van der Waals surface area (Å²) < 4.78 is 9.78. The Bertz CT molecular complexity index is 181. The largest absolute Gasteiger partial charge is 0.457 e. The van der Waals surface area contributed by atoms with Crippen molar-refractivity contribution in [1.29, 1.82) is 0 Å². The third-order valence-corrected chi connectivity index (χ3v) is 1.94. The molecule has 0 bridgehead atoms. The average molecular weight is 190 g/mol. The zero-order valence-corrected chi connectivity index (χ0v) is 7.47. The maximum Gasteiger partial charge on any atom is 0.303 e. The van der Waals surface area contributed by atoms with Crippen LogP contribution in [-0.2, 0) is 14.3 Å². The molecule has 0 saturated carbocycles. The van der Waals surface area contributed by atoms with Crippen LogP contribution in [0.1, 0.15) is 19.8 Å². The zero-order chi connectivity index (χ0) is 9.84. The number of carbonyl (C=O) groups is 1. The van der Waals surface area contributed by atoms with Gasteiger partial charge in [0.05, 0.1) is 12.7 Å². The van der Waals surface area contributed by atoms with Crippen molar-refractivity contribution in [2.75, 3.05) is 6.61 Å². The van der Waals surface area contributed by atoms with E-state index in [1.54, 1.807) is 0 Å². The summed E-state index contributed by atoms with van der Waals surface area (Å²) in [5, 5.41) is 18.0. The summed E-state index contributed by atoms with van der Waals surface area (Å²) >= 11 is 0. The third-order valence-electron chi connectivity index (χ3n) is 1.94. The van der Waals surface area contributed by atoms with Gasteiger partial charge in [0.2, 0.25) is 0 Å². The van der Waals surface area contributed by atoms with Gasteiger partial charge in [-0.3, -0.25) is 4.79 Å². The highest BCUT2D eigenvalue weighted by atomic mass is 16.7. The van der Waals surface area contributed by atoms with E-state index < -0.39 is 18.4 Å². The van der Waals surface area contributed by atoms with E-state index in [2.05, 4.69) is 0 Å². The van der Waals surface area contributed by atoms with E-state index in [1.165, 1.54) is 6.92 Å². The van der Waals surface area contributed by atoms with Gasteiger partial charge in [0.25, 0.3) is 0 Å².